The molecule has 0 radical (unpaired) electrons. The Morgan fingerprint density at radius 3 is 1.26 bits per heavy atom. The second kappa shape index (κ2) is 52.3. The third-order valence-electron chi connectivity index (χ3n) is 13.4. The van der Waals surface area contributed by atoms with E-state index in [2.05, 4.69) is 129 Å². The molecule has 1 aliphatic heterocycles. The first kappa shape index (κ1) is 67.9. The predicted molar refractivity (Wildman–Crippen MR) is 308 cm³/mol. The topological polar surface area (TPSA) is 149 Å². The fourth-order valence-electron chi connectivity index (χ4n) is 8.74. The van der Waals surface area contributed by atoms with Crippen molar-refractivity contribution < 1.29 is 39.8 Å². The summed E-state index contributed by atoms with van der Waals surface area (Å²) in [6, 6.07) is -0.725. The number of carbonyl (C=O) groups excluding carboxylic acids is 1. The highest BCUT2D eigenvalue weighted by molar-refractivity contribution is 5.76. The lowest BCUT2D eigenvalue weighted by Crippen LogP contribution is -2.60. The molecule has 0 aliphatic carbocycles. The van der Waals surface area contributed by atoms with E-state index in [0.717, 1.165) is 103 Å². The molecule has 418 valence electrons. The molecule has 9 nitrogen and oxygen atoms in total. The van der Waals surface area contributed by atoms with Gasteiger partial charge in [0.05, 0.1) is 25.4 Å². The lowest BCUT2D eigenvalue weighted by molar-refractivity contribution is -0.302. The van der Waals surface area contributed by atoms with Crippen LogP contribution in [0.2, 0.25) is 0 Å². The van der Waals surface area contributed by atoms with Crippen molar-refractivity contribution in [2.45, 2.75) is 275 Å². The van der Waals surface area contributed by atoms with E-state index in [-0.39, 0.29) is 12.5 Å². The first-order valence-electron chi connectivity index (χ1n) is 29.6. The van der Waals surface area contributed by atoms with Crippen molar-refractivity contribution in [2.24, 2.45) is 0 Å². The summed E-state index contributed by atoms with van der Waals surface area (Å²) in [4.78, 5) is 13.0. The Hall–Kier alpha value is -3.15. The first-order valence-corrected chi connectivity index (χ1v) is 29.6. The monoisotopic (exact) mass is 1020 g/mol. The molecule has 7 unspecified atom stereocenters. The Kier molecular flexibility index (Phi) is 48.6. The van der Waals surface area contributed by atoms with Crippen molar-refractivity contribution in [3.05, 3.63) is 109 Å². The average molecular weight is 1020 g/mol. The standard InChI is InChI=1S/C64H109NO8/c1-3-5-7-9-11-13-15-16-17-18-19-20-21-22-23-24-25-26-27-28-29-30-31-32-33-34-35-36-37-38-39-40-41-42-44-46-48-50-52-54-60(68)65-57(56-72-64-63(71)62(70)61(69)59(55-66)73-64)58(67)53-51-49-47-45-43-14-12-10-8-6-4-2/h5,7,11,13,16-17,19-20,22-23,25-26,28-29,31-32,34-35,57-59,61-64,66-67,69-71H,3-4,6,8-10,12,14-15,18,21,24,27,30,33,36-56H2,1-2H3,(H,65,68)/b7-5-,13-11-,17-16-,20-19-,23-22-,26-25-,29-28-,32-31-,35-34-. The molecule has 0 aromatic rings. The van der Waals surface area contributed by atoms with Crippen LogP contribution < -0.4 is 5.32 Å². The van der Waals surface area contributed by atoms with Gasteiger partial charge in [-0.05, 0) is 83.5 Å². The van der Waals surface area contributed by atoms with Crippen LogP contribution >= 0.6 is 0 Å². The van der Waals surface area contributed by atoms with E-state index in [9.17, 15) is 30.3 Å². The second-order valence-corrected chi connectivity index (χ2v) is 20.1. The first-order chi connectivity index (χ1) is 35.8. The normalized spacial score (nSPS) is 19.9. The third kappa shape index (κ3) is 41.7. The van der Waals surface area contributed by atoms with Crippen molar-refractivity contribution in [1.29, 1.82) is 0 Å². The van der Waals surface area contributed by atoms with Gasteiger partial charge in [-0.1, -0.05) is 252 Å². The molecule has 0 saturated carbocycles. The highest BCUT2D eigenvalue weighted by Gasteiger charge is 2.44. The second-order valence-electron chi connectivity index (χ2n) is 20.1. The number of aliphatic hydroxyl groups excluding tert-OH is 5. The smallest absolute Gasteiger partial charge is 0.220 e. The Balaban J connectivity index is 2.11. The van der Waals surface area contributed by atoms with Crippen LogP contribution in [0.1, 0.15) is 232 Å². The van der Waals surface area contributed by atoms with E-state index in [4.69, 9.17) is 9.47 Å². The molecule has 7 atom stereocenters. The summed E-state index contributed by atoms with van der Waals surface area (Å²) >= 11 is 0. The summed E-state index contributed by atoms with van der Waals surface area (Å²) in [5.74, 6) is -0.153. The fraction of sp³-hybridized carbons (Fsp3) is 0.703. The number of allylic oxidation sites excluding steroid dienone is 18. The van der Waals surface area contributed by atoms with Crippen LogP contribution in [0.4, 0.5) is 0 Å². The summed E-state index contributed by atoms with van der Waals surface area (Å²) in [5, 5.41) is 54.5. The van der Waals surface area contributed by atoms with Crippen LogP contribution in [0.15, 0.2) is 109 Å². The van der Waals surface area contributed by atoms with Crippen molar-refractivity contribution in [3.8, 4) is 0 Å². The summed E-state index contributed by atoms with van der Waals surface area (Å²) in [7, 11) is 0. The molecular weight excluding hydrogens is 911 g/mol. The number of rotatable bonds is 49. The third-order valence-corrected chi connectivity index (χ3v) is 13.4. The number of hydrogen-bond donors (Lipinski definition) is 6. The van der Waals surface area contributed by atoms with E-state index < -0.39 is 49.5 Å². The number of hydrogen-bond acceptors (Lipinski definition) is 8. The minimum atomic E-state index is -1.56. The minimum absolute atomic E-state index is 0.144. The Bertz CT molecular complexity index is 1510. The molecule has 1 amide bonds. The number of unbranched alkanes of at least 4 members (excludes halogenated alkanes) is 21. The van der Waals surface area contributed by atoms with E-state index >= 15 is 0 Å². The molecule has 1 heterocycles. The molecule has 1 rings (SSSR count). The van der Waals surface area contributed by atoms with Gasteiger partial charge in [0.15, 0.2) is 6.29 Å². The van der Waals surface area contributed by atoms with E-state index in [1.165, 1.54) is 103 Å². The Morgan fingerprint density at radius 1 is 0.479 bits per heavy atom. The number of nitrogens with one attached hydrogen (secondary N) is 1. The maximum atomic E-state index is 13.0. The van der Waals surface area contributed by atoms with Gasteiger partial charge in [-0.3, -0.25) is 4.79 Å². The largest absolute Gasteiger partial charge is 0.394 e. The van der Waals surface area contributed by atoms with Crippen LogP contribution in [-0.4, -0.2) is 87.5 Å². The van der Waals surface area contributed by atoms with Gasteiger partial charge in [0, 0.05) is 6.42 Å². The molecule has 0 bridgehead atoms. The average Bonchev–Trinajstić information content (AvgIpc) is 3.39. The van der Waals surface area contributed by atoms with Gasteiger partial charge in [0.1, 0.15) is 24.4 Å². The zero-order valence-electron chi connectivity index (χ0n) is 46.4. The van der Waals surface area contributed by atoms with Crippen LogP contribution in [0.5, 0.6) is 0 Å². The van der Waals surface area contributed by atoms with Crippen LogP contribution in [0, 0.1) is 0 Å². The molecule has 9 heteroatoms. The van der Waals surface area contributed by atoms with E-state index in [0.29, 0.717) is 12.8 Å². The van der Waals surface area contributed by atoms with Gasteiger partial charge in [0.25, 0.3) is 0 Å². The molecule has 0 aromatic heterocycles. The van der Waals surface area contributed by atoms with E-state index in [1.54, 1.807) is 0 Å². The fourth-order valence-corrected chi connectivity index (χ4v) is 8.74. The molecular formula is C64H109NO8. The zero-order valence-corrected chi connectivity index (χ0v) is 46.4. The number of aliphatic hydroxyl groups is 5. The van der Waals surface area contributed by atoms with Gasteiger partial charge >= 0.3 is 0 Å². The molecule has 1 fully saturated rings. The van der Waals surface area contributed by atoms with E-state index in [1.807, 2.05) is 0 Å². The van der Waals surface area contributed by atoms with Gasteiger partial charge < -0.3 is 40.3 Å². The molecule has 6 N–H and O–H groups in total. The quantitative estimate of drug-likeness (QED) is 0.0261. The minimum Gasteiger partial charge on any atom is -0.394 e. The number of amides is 1. The number of ether oxygens (including phenoxy) is 2. The van der Waals surface area contributed by atoms with Gasteiger partial charge in [-0.15, -0.1) is 0 Å². The van der Waals surface area contributed by atoms with Crippen LogP contribution in [0.25, 0.3) is 0 Å². The lowest BCUT2D eigenvalue weighted by Gasteiger charge is -2.40. The van der Waals surface area contributed by atoms with Crippen molar-refractivity contribution in [2.75, 3.05) is 13.2 Å². The van der Waals surface area contributed by atoms with Crippen LogP contribution in [0.3, 0.4) is 0 Å². The molecule has 1 aliphatic rings. The van der Waals surface area contributed by atoms with Gasteiger partial charge in [0.2, 0.25) is 5.91 Å². The Labute approximate surface area is 446 Å². The summed E-state index contributed by atoms with van der Waals surface area (Å²) in [6.07, 6.45) is 69.9. The summed E-state index contributed by atoms with van der Waals surface area (Å²) < 4.78 is 11.3. The van der Waals surface area contributed by atoms with Gasteiger partial charge in [-0.25, -0.2) is 0 Å². The van der Waals surface area contributed by atoms with Crippen molar-refractivity contribution in [3.63, 3.8) is 0 Å². The molecule has 0 spiro atoms. The van der Waals surface area contributed by atoms with Crippen LogP contribution in [-0.2, 0) is 14.3 Å². The molecule has 73 heavy (non-hydrogen) atoms. The maximum absolute atomic E-state index is 13.0. The van der Waals surface area contributed by atoms with Crippen molar-refractivity contribution in [1.82, 2.24) is 5.32 Å². The lowest BCUT2D eigenvalue weighted by atomic mass is 9.99. The molecule has 1 saturated heterocycles. The zero-order chi connectivity index (χ0) is 52.9. The van der Waals surface area contributed by atoms with Gasteiger partial charge in [-0.2, -0.15) is 0 Å². The highest BCUT2D eigenvalue weighted by atomic mass is 16.7. The highest BCUT2D eigenvalue weighted by Crippen LogP contribution is 2.23. The number of carbonyl (C=O) groups is 1. The van der Waals surface area contributed by atoms with Crippen molar-refractivity contribution >= 4 is 5.91 Å². The SMILES string of the molecule is CC/C=C\C/C=C\C/C=C\C/C=C\C/C=C\C/C=C\C/C=C\C/C=C\C/C=C\CCCCCCCCCCCCCC(=O)NC(COC1OC(CO)C(O)C(O)C1O)C(O)CCCCCCCCCCCCC. The maximum Gasteiger partial charge on any atom is 0.220 e. The summed E-state index contributed by atoms with van der Waals surface area (Å²) in [5.41, 5.74) is 0. The molecule has 0 aromatic carbocycles. The summed E-state index contributed by atoms with van der Waals surface area (Å²) in [6.45, 7) is 3.70. The predicted octanol–water partition coefficient (Wildman–Crippen LogP) is 15.0. The Morgan fingerprint density at radius 2 is 0.849 bits per heavy atom.